The monoisotopic (exact) mass is 276 g/mol. The van der Waals surface area contributed by atoms with Gasteiger partial charge < -0.3 is 9.84 Å². The van der Waals surface area contributed by atoms with Gasteiger partial charge in [-0.3, -0.25) is 4.79 Å². The van der Waals surface area contributed by atoms with Crippen LogP contribution in [0.25, 0.3) is 0 Å². The summed E-state index contributed by atoms with van der Waals surface area (Å²) in [6.07, 6.45) is -4.73. The Morgan fingerprint density at radius 1 is 1.21 bits per heavy atom. The number of Topliss-reactive ketones (excluding diaryl/α,β-unsaturated/α-hetero) is 1. The number of carbonyl (C=O) groups excluding carboxylic acids is 2. The van der Waals surface area contributed by atoms with Crippen LogP contribution in [0.5, 0.6) is 5.75 Å². The Balaban J connectivity index is 3.27. The van der Waals surface area contributed by atoms with E-state index in [-0.39, 0.29) is 0 Å². The van der Waals surface area contributed by atoms with Gasteiger partial charge >= 0.3 is 18.1 Å². The van der Waals surface area contributed by atoms with Crippen molar-refractivity contribution in [2.45, 2.75) is 13.1 Å². The third-order valence-corrected chi connectivity index (χ3v) is 2.03. The molecule has 0 aliphatic rings. The highest BCUT2D eigenvalue weighted by molar-refractivity contribution is 6.33. The van der Waals surface area contributed by atoms with Crippen molar-refractivity contribution in [1.29, 1.82) is 0 Å². The summed E-state index contributed by atoms with van der Waals surface area (Å²) in [7, 11) is 0. The molecule has 0 aliphatic heterocycles. The second-order valence-corrected chi connectivity index (χ2v) is 3.46. The van der Waals surface area contributed by atoms with E-state index in [1.807, 2.05) is 0 Å². The SMILES string of the molecule is CC(=O)C(=O)Oc1cc(C(F)(F)F)ccc1C(=O)O. The zero-order valence-corrected chi connectivity index (χ0v) is 9.45. The molecule has 0 fully saturated rings. The number of hydrogen-bond donors (Lipinski definition) is 1. The van der Waals surface area contributed by atoms with Gasteiger partial charge in [0.15, 0.2) is 0 Å². The summed E-state index contributed by atoms with van der Waals surface area (Å²) in [5.41, 5.74) is -1.84. The molecule has 0 atom stereocenters. The van der Waals surface area contributed by atoms with E-state index in [1.54, 1.807) is 0 Å². The number of hydrogen-bond acceptors (Lipinski definition) is 4. The molecule has 1 aromatic carbocycles. The summed E-state index contributed by atoms with van der Waals surface area (Å²) in [4.78, 5) is 32.4. The number of carboxylic acid groups (broad SMARTS) is 1. The molecule has 0 unspecified atom stereocenters. The van der Waals surface area contributed by atoms with Gasteiger partial charge in [0, 0.05) is 6.92 Å². The van der Waals surface area contributed by atoms with Crippen LogP contribution in [0.3, 0.4) is 0 Å². The van der Waals surface area contributed by atoms with E-state index in [2.05, 4.69) is 4.74 Å². The fourth-order valence-electron chi connectivity index (χ4n) is 1.13. The Kier molecular flexibility index (Phi) is 3.93. The van der Waals surface area contributed by atoms with Crippen LogP contribution in [-0.4, -0.2) is 22.8 Å². The van der Waals surface area contributed by atoms with Crippen LogP contribution in [0.1, 0.15) is 22.8 Å². The maximum atomic E-state index is 12.4. The smallest absolute Gasteiger partial charge is 0.416 e. The molecule has 0 saturated heterocycles. The molecule has 0 bridgehead atoms. The van der Waals surface area contributed by atoms with Crippen LogP contribution in [0.4, 0.5) is 13.2 Å². The average Bonchev–Trinajstić information content (AvgIpc) is 2.27. The van der Waals surface area contributed by atoms with Crippen molar-refractivity contribution in [2.24, 2.45) is 0 Å². The molecule has 5 nitrogen and oxygen atoms in total. The first kappa shape index (κ1) is 14.7. The summed E-state index contributed by atoms with van der Waals surface area (Å²) >= 11 is 0. The van der Waals surface area contributed by atoms with Crippen LogP contribution in [0, 0.1) is 0 Å². The lowest BCUT2D eigenvalue weighted by molar-refractivity contribution is -0.146. The number of esters is 1. The van der Waals surface area contributed by atoms with Crippen molar-refractivity contribution < 1.29 is 37.4 Å². The van der Waals surface area contributed by atoms with Crippen LogP contribution in [0.2, 0.25) is 0 Å². The third kappa shape index (κ3) is 3.54. The van der Waals surface area contributed by atoms with E-state index in [0.717, 1.165) is 6.92 Å². The lowest BCUT2D eigenvalue weighted by atomic mass is 10.1. The van der Waals surface area contributed by atoms with Gasteiger partial charge in [-0.1, -0.05) is 0 Å². The number of rotatable bonds is 3. The molecule has 19 heavy (non-hydrogen) atoms. The largest absolute Gasteiger partial charge is 0.478 e. The predicted octanol–water partition coefficient (Wildman–Crippen LogP) is 1.90. The Morgan fingerprint density at radius 2 is 1.79 bits per heavy atom. The fraction of sp³-hybridized carbons (Fsp3) is 0.182. The van der Waals surface area contributed by atoms with E-state index in [1.165, 1.54) is 0 Å². The van der Waals surface area contributed by atoms with E-state index < -0.39 is 40.8 Å². The first-order valence-corrected chi connectivity index (χ1v) is 4.80. The summed E-state index contributed by atoms with van der Waals surface area (Å²) < 4.78 is 41.7. The number of carboxylic acids is 1. The van der Waals surface area contributed by atoms with Gasteiger partial charge in [0.25, 0.3) is 0 Å². The highest BCUT2D eigenvalue weighted by Crippen LogP contribution is 2.33. The molecule has 0 aromatic heterocycles. The quantitative estimate of drug-likeness (QED) is 0.518. The minimum absolute atomic E-state index is 0.351. The predicted molar refractivity (Wildman–Crippen MR) is 54.7 cm³/mol. The first-order chi connectivity index (χ1) is 8.62. The number of ether oxygens (including phenoxy) is 1. The van der Waals surface area contributed by atoms with Crippen molar-refractivity contribution in [3.8, 4) is 5.75 Å². The van der Waals surface area contributed by atoms with E-state index >= 15 is 0 Å². The highest BCUT2D eigenvalue weighted by atomic mass is 19.4. The third-order valence-electron chi connectivity index (χ3n) is 2.03. The normalized spacial score (nSPS) is 10.9. The summed E-state index contributed by atoms with van der Waals surface area (Å²) in [5, 5.41) is 8.75. The molecule has 0 aliphatic carbocycles. The minimum Gasteiger partial charge on any atom is -0.478 e. The van der Waals surface area contributed by atoms with Crippen molar-refractivity contribution in [3.63, 3.8) is 0 Å². The van der Waals surface area contributed by atoms with Gasteiger partial charge in [-0.15, -0.1) is 0 Å². The van der Waals surface area contributed by atoms with E-state index in [0.29, 0.717) is 18.2 Å². The number of halogens is 3. The lowest BCUT2D eigenvalue weighted by Crippen LogP contribution is -2.19. The second-order valence-electron chi connectivity index (χ2n) is 3.46. The molecule has 0 radical (unpaired) electrons. The van der Waals surface area contributed by atoms with Crippen LogP contribution in [0.15, 0.2) is 18.2 Å². The van der Waals surface area contributed by atoms with Gasteiger partial charge in [-0.25, -0.2) is 9.59 Å². The van der Waals surface area contributed by atoms with Crippen molar-refractivity contribution in [3.05, 3.63) is 29.3 Å². The van der Waals surface area contributed by atoms with E-state index in [9.17, 15) is 27.6 Å². The Bertz CT molecular complexity index is 548. The Morgan fingerprint density at radius 3 is 2.21 bits per heavy atom. The van der Waals surface area contributed by atoms with Crippen molar-refractivity contribution in [2.75, 3.05) is 0 Å². The van der Waals surface area contributed by atoms with Gasteiger partial charge in [-0.05, 0) is 18.2 Å². The molecule has 0 spiro atoms. The number of alkyl halides is 3. The maximum absolute atomic E-state index is 12.4. The second kappa shape index (κ2) is 5.09. The van der Waals surface area contributed by atoms with Gasteiger partial charge in [0.05, 0.1) is 5.56 Å². The maximum Gasteiger partial charge on any atom is 0.416 e. The molecule has 102 valence electrons. The number of aromatic carboxylic acids is 1. The van der Waals surface area contributed by atoms with Crippen molar-refractivity contribution >= 4 is 17.7 Å². The van der Waals surface area contributed by atoms with Crippen LogP contribution < -0.4 is 4.74 Å². The van der Waals surface area contributed by atoms with Crippen LogP contribution >= 0.6 is 0 Å². The molecular weight excluding hydrogens is 269 g/mol. The van der Waals surface area contributed by atoms with Gasteiger partial charge in [-0.2, -0.15) is 13.2 Å². The number of ketones is 1. The van der Waals surface area contributed by atoms with Crippen molar-refractivity contribution in [1.82, 2.24) is 0 Å². The van der Waals surface area contributed by atoms with E-state index in [4.69, 9.17) is 5.11 Å². The fourth-order valence-corrected chi connectivity index (χ4v) is 1.13. The van der Waals surface area contributed by atoms with Crippen LogP contribution in [-0.2, 0) is 15.8 Å². The average molecular weight is 276 g/mol. The topological polar surface area (TPSA) is 80.7 Å². The van der Waals surface area contributed by atoms with Gasteiger partial charge in [0.2, 0.25) is 5.78 Å². The number of carbonyl (C=O) groups is 3. The lowest BCUT2D eigenvalue weighted by Gasteiger charge is -2.10. The molecular formula is C11H7F3O5. The Hall–Kier alpha value is -2.38. The first-order valence-electron chi connectivity index (χ1n) is 4.80. The summed E-state index contributed by atoms with van der Waals surface area (Å²) in [5.74, 6) is -4.92. The molecule has 0 saturated carbocycles. The molecule has 1 aromatic rings. The molecule has 1 N–H and O–H groups in total. The molecule has 0 amide bonds. The van der Waals surface area contributed by atoms with Gasteiger partial charge in [0.1, 0.15) is 11.3 Å². The molecule has 8 heteroatoms. The Labute approximate surface area is 104 Å². The zero-order valence-electron chi connectivity index (χ0n) is 9.45. The summed E-state index contributed by atoms with van der Waals surface area (Å²) in [6.45, 7) is 0.844. The zero-order chi connectivity index (χ0) is 14.8. The molecule has 1 rings (SSSR count). The number of benzene rings is 1. The standard InChI is InChI=1S/C11H7F3O5/c1-5(15)10(18)19-8-4-6(11(12,13)14)2-3-7(8)9(16)17/h2-4H,1H3,(H,16,17). The minimum atomic E-state index is -4.73. The summed E-state index contributed by atoms with van der Waals surface area (Å²) in [6, 6.07) is 1.53. The molecule has 0 heterocycles. The highest BCUT2D eigenvalue weighted by Gasteiger charge is 2.32.